The molecule has 0 bridgehead atoms. The molecule has 0 radical (unpaired) electrons. The first-order valence-electron chi connectivity index (χ1n) is 7.46. The molecule has 2 amide bonds. The number of aliphatic hydroxyl groups excluding tert-OH is 1. The molecule has 132 valence electrons. The van der Waals surface area contributed by atoms with Gasteiger partial charge in [-0.3, -0.25) is 14.4 Å². The number of hydrogen-bond donors (Lipinski definition) is 2. The fourth-order valence-corrected chi connectivity index (χ4v) is 2.67. The Hall–Kier alpha value is -2.12. The number of nitrogens with zero attached hydrogens (tertiary/aromatic N) is 2. The van der Waals surface area contributed by atoms with E-state index in [2.05, 4.69) is 0 Å². The van der Waals surface area contributed by atoms with E-state index < -0.39 is 6.04 Å². The average Bonchev–Trinajstić information content (AvgIpc) is 2.55. The molecule has 1 atom stereocenters. The van der Waals surface area contributed by atoms with Crippen LogP contribution < -0.4 is 0 Å². The van der Waals surface area contributed by atoms with Crippen LogP contribution in [0.15, 0.2) is 24.3 Å². The van der Waals surface area contributed by atoms with Crippen LogP contribution in [0.1, 0.15) is 18.9 Å². The van der Waals surface area contributed by atoms with Crippen molar-refractivity contribution in [3.05, 3.63) is 34.9 Å². The second-order valence-electron chi connectivity index (χ2n) is 5.23. The Labute approximate surface area is 145 Å². The molecule has 8 heteroatoms. The fraction of sp³-hybridized carbons (Fsp3) is 0.438. The molecule has 0 spiro atoms. The van der Waals surface area contributed by atoms with Crippen LogP contribution in [-0.2, 0) is 20.9 Å². The van der Waals surface area contributed by atoms with Crippen molar-refractivity contribution >= 4 is 29.9 Å². The maximum Gasteiger partial charge on any atom is 0.290 e. The van der Waals surface area contributed by atoms with Crippen molar-refractivity contribution in [2.75, 3.05) is 19.7 Å². The lowest BCUT2D eigenvalue weighted by Gasteiger charge is -2.38. The molecule has 0 unspecified atom stereocenters. The lowest BCUT2D eigenvalue weighted by atomic mass is 10.1. The van der Waals surface area contributed by atoms with E-state index in [1.165, 1.54) is 9.80 Å². The summed E-state index contributed by atoms with van der Waals surface area (Å²) in [6.45, 7) is 2.27. The quantitative estimate of drug-likeness (QED) is 0.766. The van der Waals surface area contributed by atoms with Gasteiger partial charge in [0, 0.05) is 24.7 Å². The zero-order chi connectivity index (χ0) is 18.1. The van der Waals surface area contributed by atoms with Crippen LogP contribution in [0.5, 0.6) is 0 Å². The van der Waals surface area contributed by atoms with Gasteiger partial charge in [-0.25, -0.2) is 0 Å². The molecule has 2 rings (SSSR count). The Bertz CT molecular complexity index is 581. The Morgan fingerprint density at radius 2 is 1.96 bits per heavy atom. The van der Waals surface area contributed by atoms with Crippen molar-refractivity contribution in [3.8, 4) is 0 Å². The number of halogens is 1. The number of piperazine rings is 1. The van der Waals surface area contributed by atoms with Gasteiger partial charge in [-0.1, -0.05) is 29.8 Å². The summed E-state index contributed by atoms with van der Waals surface area (Å²) < 4.78 is 0. The molecule has 1 fully saturated rings. The maximum absolute atomic E-state index is 12.4. The Kier molecular flexibility index (Phi) is 8.21. The van der Waals surface area contributed by atoms with E-state index >= 15 is 0 Å². The Balaban J connectivity index is 0.000000891. The molecule has 1 aliphatic heterocycles. The monoisotopic (exact) mass is 356 g/mol. The van der Waals surface area contributed by atoms with Crippen molar-refractivity contribution in [1.29, 1.82) is 0 Å². The lowest BCUT2D eigenvalue weighted by molar-refractivity contribution is -0.155. The highest BCUT2D eigenvalue weighted by atomic mass is 35.5. The minimum absolute atomic E-state index is 0.00796. The number of carbonyl (C=O) groups is 3. The van der Waals surface area contributed by atoms with E-state index in [-0.39, 0.29) is 31.4 Å². The van der Waals surface area contributed by atoms with Crippen molar-refractivity contribution in [2.24, 2.45) is 0 Å². The summed E-state index contributed by atoms with van der Waals surface area (Å²) >= 11 is 6.10. The van der Waals surface area contributed by atoms with Crippen LogP contribution in [0.4, 0.5) is 0 Å². The van der Waals surface area contributed by atoms with Gasteiger partial charge in [-0.15, -0.1) is 0 Å². The molecule has 1 aliphatic rings. The smallest absolute Gasteiger partial charge is 0.290 e. The number of rotatable bonds is 5. The molecule has 24 heavy (non-hydrogen) atoms. The van der Waals surface area contributed by atoms with Gasteiger partial charge in [-0.2, -0.15) is 0 Å². The minimum atomic E-state index is -0.500. The molecule has 1 aromatic carbocycles. The summed E-state index contributed by atoms with van der Waals surface area (Å²) in [6, 6.07) is 6.80. The molecule has 7 nitrogen and oxygen atoms in total. The predicted molar refractivity (Wildman–Crippen MR) is 88.4 cm³/mol. The molecule has 0 aromatic heterocycles. The normalized spacial score (nSPS) is 17.4. The van der Waals surface area contributed by atoms with Crippen LogP contribution >= 0.6 is 11.6 Å². The third-order valence-electron chi connectivity index (χ3n) is 3.66. The number of hydrogen-bond acceptors (Lipinski definition) is 4. The van der Waals surface area contributed by atoms with E-state index in [1.54, 1.807) is 13.0 Å². The second kappa shape index (κ2) is 9.89. The van der Waals surface area contributed by atoms with Crippen LogP contribution in [0.2, 0.25) is 5.02 Å². The van der Waals surface area contributed by atoms with Gasteiger partial charge < -0.3 is 20.0 Å². The summed E-state index contributed by atoms with van der Waals surface area (Å²) in [7, 11) is 0. The van der Waals surface area contributed by atoms with E-state index in [1.807, 2.05) is 18.2 Å². The standard InChI is InChI=1S/C15H19ClN2O3.CH2O2/c1-11-15(21)17(9-12-5-2-3-6-13(12)16)10-14(20)18(11)7-4-8-19;2-1-3/h2-3,5-6,11,19H,4,7-10H2,1H3;1H,(H,2,3)/t11-;/m0./s1. The van der Waals surface area contributed by atoms with Gasteiger partial charge in [0.1, 0.15) is 12.6 Å². The summed E-state index contributed by atoms with van der Waals surface area (Å²) in [5, 5.41) is 16.3. The fourth-order valence-electron chi connectivity index (χ4n) is 2.47. The first kappa shape index (κ1) is 19.9. The highest BCUT2D eigenvalue weighted by Gasteiger charge is 2.36. The zero-order valence-electron chi connectivity index (χ0n) is 13.4. The van der Waals surface area contributed by atoms with Crippen LogP contribution in [0, 0.1) is 0 Å². The van der Waals surface area contributed by atoms with E-state index in [4.69, 9.17) is 26.6 Å². The number of aliphatic hydroxyl groups is 1. The third-order valence-corrected chi connectivity index (χ3v) is 4.03. The largest absolute Gasteiger partial charge is 0.483 e. The first-order chi connectivity index (χ1) is 11.5. The summed E-state index contributed by atoms with van der Waals surface area (Å²) in [5.41, 5.74) is 0.830. The lowest BCUT2D eigenvalue weighted by Crippen LogP contribution is -2.58. The topological polar surface area (TPSA) is 98.2 Å². The predicted octanol–water partition coefficient (Wildman–Crippen LogP) is 0.983. The van der Waals surface area contributed by atoms with Gasteiger partial charge in [0.2, 0.25) is 11.8 Å². The van der Waals surface area contributed by atoms with Crippen LogP contribution in [-0.4, -0.2) is 64.0 Å². The minimum Gasteiger partial charge on any atom is -0.483 e. The first-order valence-corrected chi connectivity index (χ1v) is 7.84. The van der Waals surface area contributed by atoms with Crippen LogP contribution in [0.3, 0.4) is 0 Å². The van der Waals surface area contributed by atoms with Crippen molar-refractivity contribution < 1.29 is 24.6 Å². The van der Waals surface area contributed by atoms with Crippen molar-refractivity contribution in [2.45, 2.75) is 25.9 Å². The molecule has 0 aliphatic carbocycles. The van der Waals surface area contributed by atoms with Gasteiger partial charge in [-0.05, 0) is 25.0 Å². The van der Waals surface area contributed by atoms with Crippen LogP contribution in [0.25, 0.3) is 0 Å². The molecule has 0 saturated carbocycles. The Morgan fingerprint density at radius 3 is 2.54 bits per heavy atom. The van der Waals surface area contributed by atoms with Gasteiger partial charge >= 0.3 is 0 Å². The third kappa shape index (κ3) is 5.21. The number of amides is 2. The van der Waals surface area contributed by atoms with E-state index in [0.29, 0.717) is 24.5 Å². The molecule has 1 heterocycles. The number of carboxylic acid groups (broad SMARTS) is 1. The molecule has 1 saturated heterocycles. The molecular formula is C16H21ClN2O5. The summed E-state index contributed by atoms with van der Waals surface area (Å²) in [4.78, 5) is 36.0. The van der Waals surface area contributed by atoms with Gasteiger partial charge in [0.25, 0.3) is 6.47 Å². The average molecular weight is 357 g/mol. The zero-order valence-corrected chi connectivity index (χ0v) is 14.1. The van der Waals surface area contributed by atoms with Gasteiger partial charge in [0.05, 0.1) is 0 Å². The molecule has 2 N–H and O–H groups in total. The van der Waals surface area contributed by atoms with Crippen molar-refractivity contribution in [1.82, 2.24) is 9.80 Å². The molecular weight excluding hydrogens is 336 g/mol. The molecule has 1 aromatic rings. The van der Waals surface area contributed by atoms with E-state index in [0.717, 1.165) is 5.56 Å². The highest BCUT2D eigenvalue weighted by molar-refractivity contribution is 6.31. The second-order valence-corrected chi connectivity index (χ2v) is 5.64. The highest BCUT2D eigenvalue weighted by Crippen LogP contribution is 2.20. The van der Waals surface area contributed by atoms with Crippen molar-refractivity contribution in [3.63, 3.8) is 0 Å². The Morgan fingerprint density at radius 1 is 1.33 bits per heavy atom. The maximum atomic E-state index is 12.4. The number of benzene rings is 1. The van der Waals surface area contributed by atoms with E-state index in [9.17, 15) is 9.59 Å². The number of carbonyl (C=O) groups excluding carboxylic acids is 2. The van der Waals surface area contributed by atoms with Gasteiger partial charge in [0.15, 0.2) is 0 Å². The summed E-state index contributed by atoms with van der Waals surface area (Å²) in [6.07, 6.45) is 0.480. The summed E-state index contributed by atoms with van der Waals surface area (Å²) in [5.74, 6) is -0.185. The SMILES string of the molecule is C[C@H]1C(=O)N(Cc2ccccc2Cl)CC(=O)N1CCCO.O=CO.